The van der Waals surface area contributed by atoms with Crippen molar-refractivity contribution < 1.29 is 0 Å². The Morgan fingerprint density at radius 1 is 1.12 bits per heavy atom. The van der Waals surface area contributed by atoms with Crippen molar-refractivity contribution in [2.45, 2.75) is 6.42 Å². The van der Waals surface area contributed by atoms with Crippen LogP contribution < -0.4 is 0 Å². The van der Waals surface area contributed by atoms with E-state index in [0.717, 1.165) is 27.8 Å². The highest BCUT2D eigenvalue weighted by atomic mass is 79.9. The van der Waals surface area contributed by atoms with E-state index in [4.69, 9.17) is 0 Å². The second kappa shape index (κ2) is 4.30. The molecule has 84 valence electrons. The number of fused-ring (bicyclic) bond motifs is 1. The number of rotatable bonds is 2. The Hall–Kier alpha value is -1.68. The van der Waals surface area contributed by atoms with Gasteiger partial charge < -0.3 is 4.98 Å². The fourth-order valence-corrected chi connectivity index (χ4v) is 2.17. The minimum atomic E-state index is 0.800. The molecule has 3 nitrogen and oxygen atoms in total. The number of hydrogen-bond donors (Lipinski definition) is 1. The maximum absolute atomic E-state index is 4.55. The van der Waals surface area contributed by atoms with E-state index in [1.807, 2.05) is 30.3 Å². The van der Waals surface area contributed by atoms with Crippen LogP contribution in [0.4, 0.5) is 0 Å². The fourth-order valence-electron chi connectivity index (χ4n) is 1.81. The number of pyridine rings is 1. The molecule has 0 amide bonds. The van der Waals surface area contributed by atoms with E-state index >= 15 is 0 Å². The Bertz CT molecular complexity index is 646. The minimum Gasteiger partial charge on any atom is -0.342 e. The standard InChI is InChI=1S/C13H10BrN3/c14-10-1-2-11-12(8-10)17-13(16-11)7-9-3-5-15-6-4-9/h1-6,8H,7H2,(H,16,17). The fraction of sp³-hybridized carbons (Fsp3) is 0.0769. The van der Waals surface area contributed by atoms with Crippen molar-refractivity contribution in [3.63, 3.8) is 0 Å². The molecule has 0 saturated heterocycles. The van der Waals surface area contributed by atoms with Crippen molar-refractivity contribution in [3.8, 4) is 0 Å². The van der Waals surface area contributed by atoms with E-state index in [0.29, 0.717) is 0 Å². The number of aromatic amines is 1. The molecule has 0 spiro atoms. The lowest BCUT2D eigenvalue weighted by Crippen LogP contribution is -1.90. The molecule has 0 saturated carbocycles. The van der Waals surface area contributed by atoms with Gasteiger partial charge in [0.05, 0.1) is 11.0 Å². The average molecular weight is 288 g/mol. The van der Waals surface area contributed by atoms with Crippen LogP contribution in [-0.4, -0.2) is 15.0 Å². The van der Waals surface area contributed by atoms with Crippen LogP contribution in [0.2, 0.25) is 0 Å². The molecule has 2 aromatic heterocycles. The molecule has 0 fully saturated rings. The summed E-state index contributed by atoms with van der Waals surface area (Å²) in [6.45, 7) is 0. The smallest absolute Gasteiger partial charge is 0.111 e. The first-order valence-corrected chi connectivity index (χ1v) is 6.13. The van der Waals surface area contributed by atoms with E-state index in [1.165, 1.54) is 5.56 Å². The van der Waals surface area contributed by atoms with Crippen molar-refractivity contribution in [1.29, 1.82) is 0 Å². The molecule has 2 heterocycles. The summed E-state index contributed by atoms with van der Waals surface area (Å²) in [5.41, 5.74) is 3.26. The molecule has 0 aliphatic carbocycles. The maximum atomic E-state index is 4.55. The van der Waals surface area contributed by atoms with Crippen molar-refractivity contribution in [2.24, 2.45) is 0 Å². The first kappa shape index (κ1) is 10.5. The third-order valence-corrected chi connectivity index (χ3v) is 3.11. The van der Waals surface area contributed by atoms with E-state index < -0.39 is 0 Å². The maximum Gasteiger partial charge on any atom is 0.111 e. The summed E-state index contributed by atoms with van der Waals surface area (Å²) in [7, 11) is 0. The molecule has 0 unspecified atom stereocenters. The van der Waals surface area contributed by atoms with E-state index in [1.54, 1.807) is 12.4 Å². The molecule has 17 heavy (non-hydrogen) atoms. The summed E-state index contributed by atoms with van der Waals surface area (Å²) in [6, 6.07) is 10.1. The molecule has 0 radical (unpaired) electrons. The second-order valence-electron chi connectivity index (χ2n) is 3.88. The van der Waals surface area contributed by atoms with Gasteiger partial charge in [0.25, 0.3) is 0 Å². The number of benzene rings is 1. The highest BCUT2D eigenvalue weighted by Gasteiger charge is 2.03. The molecular weight excluding hydrogens is 278 g/mol. The Labute approximate surface area is 107 Å². The molecule has 3 rings (SSSR count). The lowest BCUT2D eigenvalue weighted by molar-refractivity contribution is 1.03. The largest absolute Gasteiger partial charge is 0.342 e. The first-order chi connectivity index (χ1) is 8.31. The molecular formula is C13H10BrN3. The van der Waals surface area contributed by atoms with Crippen molar-refractivity contribution in [2.75, 3.05) is 0 Å². The van der Waals surface area contributed by atoms with Gasteiger partial charge >= 0.3 is 0 Å². The summed E-state index contributed by atoms with van der Waals surface area (Å²) < 4.78 is 1.06. The topological polar surface area (TPSA) is 41.6 Å². The zero-order valence-electron chi connectivity index (χ0n) is 9.02. The monoisotopic (exact) mass is 287 g/mol. The van der Waals surface area contributed by atoms with Gasteiger partial charge in [-0.05, 0) is 35.9 Å². The van der Waals surface area contributed by atoms with Crippen molar-refractivity contribution in [3.05, 3.63) is 58.6 Å². The van der Waals surface area contributed by atoms with Crippen LogP contribution in [0, 0.1) is 0 Å². The van der Waals surface area contributed by atoms with Gasteiger partial charge in [0.15, 0.2) is 0 Å². The molecule has 1 N–H and O–H groups in total. The van der Waals surface area contributed by atoms with Gasteiger partial charge in [-0.25, -0.2) is 4.98 Å². The summed E-state index contributed by atoms with van der Waals surface area (Å²) in [4.78, 5) is 11.9. The number of aromatic nitrogens is 3. The Kier molecular flexibility index (Phi) is 2.65. The van der Waals surface area contributed by atoms with Crippen LogP contribution >= 0.6 is 15.9 Å². The molecule has 0 atom stereocenters. The summed E-state index contributed by atoms with van der Waals surface area (Å²) >= 11 is 3.45. The number of nitrogens with zero attached hydrogens (tertiary/aromatic N) is 2. The first-order valence-electron chi connectivity index (χ1n) is 5.34. The van der Waals surface area contributed by atoms with Crippen LogP contribution in [0.1, 0.15) is 11.4 Å². The zero-order valence-corrected chi connectivity index (χ0v) is 10.6. The Morgan fingerprint density at radius 3 is 2.76 bits per heavy atom. The van der Waals surface area contributed by atoms with E-state index in [9.17, 15) is 0 Å². The summed E-state index contributed by atoms with van der Waals surface area (Å²) in [6.07, 6.45) is 4.40. The van der Waals surface area contributed by atoms with Crippen molar-refractivity contribution in [1.82, 2.24) is 15.0 Å². The van der Waals surface area contributed by atoms with Gasteiger partial charge in [0.1, 0.15) is 5.82 Å². The number of H-pyrrole nitrogens is 1. The Morgan fingerprint density at radius 2 is 1.94 bits per heavy atom. The molecule has 3 aromatic rings. The molecule has 4 heteroatoms. The average Bonchev–Trinajstić information content (AvgIpc) is 2.71. The molecule has 0 aliphatic heterocycles. The highest BCUT2D eigenvalue weighted by molar-refractivity contribution is 9.10. The van der Waals surface area contributed by atoms with Gasteiger partial charge in [-0.3, -0.25) is 4.98 Å². The summed E-state index contributed by atoms with van der Waals surface area (Å²) in [5.74, 6) is 0.976. The predicted octanol–water partition coefficient (Wildman–Crippen LogP) is 3.31. The SMILES string of the molecule is Brc1ccc2nc(Cc3ccncc3)[nH]c2c1. The third kappa shape index (κ3) is 2.22. The number of nitrogens with one attached hydrogen (secondary N) is 1. The van der Waals surface area contributed by atoms with Gasteiger partial charge in [-0.1, -0.05) is 15.9 Å². The molecule has 0 aliphatic rings. The number of imidazole rings is 1. The van der Waals surface area contributed by atoms with Crippen molar-refractivity contribution >= 4 is 27.0 Å². The highest BCUT2D eigenvalue weighted by Crippen LogP contribution is 2.18. The third-order valence-electron chi connectivity index (χ3n) is 2.61. The quantitative estimate of drug-likeness (QED) is 0.786. The van der Waals surface area contributed by atoms with E-state index in [-0.39, 0.29) is 0 Å². The molecule has 0 bridgehead atoms. The number of hydrogen-bond acceptors (Lipinski definition) is 2. The minimum absolute atomic E-state index is 0.800. The normalized spacial score (nSPS) is 10.9. The lowest BCUT2D eigenvalue weighted by Gasteiger charge is -1.95. The predicted molar refractivity (Wildman–Crippen MR) is 70.8 cm³/mol. The van der Waals surface area contributed by atoms with E-state index in [2.05, 4.69) is 30.9 Å². The van der Waals surface area contributed by atoms with Gasteiger partial charge in [0.2, 0.25) is 0 Å². The lowest BCUT2D eigenvalue weighted by atomic mass is 10.2. The van der Waals surface area contributed by atoms with Crippen LogP contribution in [0.5, 0.6) is 0 Å². The van der Waals surface area contributed by atoms with Crippen LogP contribution in [0.15, 0.2) is 47.2 Å². The van der Waals surface area contributed by atoms with Crippen LogP contribution in [0.3, 0.4) is 0 Å². The van der Waals surface area contributed by atoms with Gasteiger partial charge in [-0.2, -0.15) is 0 Å². The summed E-state index contributed by atoms with van der Waals surface area (Å²) in [5, 5.41) is 0. The second-order valence-corrected chi connectivity index (χ2v) is 4.79. The van der Waals surface area contributed by atoms with Gasteiger partial charge in [0, 0.05) is 23.3 Å². The Balaban J connectivity index is 1.96. The van der Waals surface area contributed by atoms with Crippen LogP contribution in [0.25, 0.3) is 11.0 Å². The zero-order chi connectivity index (χ0) is 11.7. The van der Waals surface area contributed by atoms with Gasteiger partial charge in [-0.15, -0.1) is 0 Å². The van der Waals surface area contributed by atoms with Crippen LogP contribution in [-0.2, 0) is 6.42 Å². The number of halogens is 1. The molecule has 1 aromatic carbocycles.